The molecule has 0 heterocycles. The van der Waals surface area contributed by atoms with Crippen molar-refractivity contribution in [1.82, 2.24) is 10.2 Å². The summed E-state index contributed by atoms with van der Waals surface area (Å²) in [5, 5.41) is 2.72. The molecule has 4 heteroatoms. The van der Waals surface area contributed by atoms with E-state index in [0.717, 1.165) is 17.5 Å². The molecular weight excluding hydrogens is 324 g/mol. The zero-order valence-electron chi connectivity index (χ0n) is 15.9. The molecule has 0 aromatic heterocycles. The average Bonchev–Trinajstić information content (AvgIpc) is 2.66. The Morgan fingerprint density at radius 3 is 2.23 bits per heavy atom. The second kappa shape index (κ2) is 9.76. The fraction of sp³-hybridized carbons (Fsp3) is 0.364. The summed E-state index contributed by atoms with van der Waals surface area (Å²) in [6.45, 7) is 4.45. The van der Waals surface area contributed by atoms with E-state index in [4.69, 9.17) is 0 Å². The number of nitrogens with one attached hydrogen (secondary N) is 1. The molecule has 4 nitrogen and oxygen atoms in total. The van der Waals surface area contributed by atoms with Gasteiger partial charge in [0, 0.05) is 26.4 Å². The molecule has 2 aromatic carbocycles. The zero-order chi connectivity index (χ0) is 18.9. The molecule has 0 spiro atoms. The van der Waals surface area contributed by atoms with Crippen LogP contribution in [0.1, 0.15) is 36.5 Å². The molecule has 0 radical (unpaired) electrons. The van der Waals surface area contributed by atoms with Gasteiger partial charge in [-0.25, -0.2) is 0 Å². The van der Waals surface area contributed by atoms with E-state index in [1.54, 1.807) is 11.9 Å². The Balaban J connectivity index is 2.31. The lowest BCUT2D eigenvalue weighted by Crippen LogP contribution is -2.49. The van der Waals surface area contributed by atoms with Gasteiger partial charge in [-0.05, 0) is 24.5 Å². The minimum atomic E-state index is -0.525. The van der Waals surface area contributed by atoms with Crippen molar-refractivity contribution in [2.24, 2.45) is 0 Å². The number of nitrogens with zero attached hydrogens (tertiary/aromatic N) is 1. The lowest BCUT2D eigenvalue weighted by molar-refractivity contribution is -0.141. The van der Waals surface area contributed by atoms with Crippen molar-refractivity contribution in [2.75, 3.05) is 7.05 Å². The van der Waals surface area contributed by atoms with Crippen LogP contribution in [0.2, 0.25) is 0 Å². The maximum absolute atomic E-state index is 12.8. The fourth-order valence-corrected chi connectivity index (χ4v) is 2.97. The number of aryl methyl sites for hydroxylation is 1. The van der Waals surface area contributed by atoms with E-state index in [1.807, 2.05) is 68.4 Å². The van der Waals surface area contributed by atoms with Gasteiger partial charge in [-0.15, -0.1) is 0 Å². The second-order valence-corrected chi connectivity index (χ2v) is 6.58. The van der Waals surface area contributed by atoms with E-state index in [9.17, 15) is 9.59 Å². The number of carbonyl (C=O) groups excluding carboxylic acids is 2. The van der Waals surface area contributed by atoms with Crippen molar-refractivity contribution in [3.05, 3.63) is 71.3 Å². The molecule has 26 heavy (non-hydrogen) atoms. The molecule has 0 fully saturated rings. The first-order valence-electron chi connectivity index (χ1n) is 9.15. The van der Waals surface area contributed by atoms with E-state index in [0.29, 0.717) is 19.4 Å². The normalized spacial score (nSPS) is 11.7. The minimum absolute atomic E-state index is 0.0117. The standard InChI is InChI=1S/C22H28N2O2/c1-4-8-21(25)24(16-19-13-11-17(2)12-14-19)20(22(26)23-3)15-18-9-6-5-7-10-18/h5-7,9-14,20H,4,8,15-16H2,1-3H3,(H,23,26)/t20-/m0/s1. The number of hydrogen-bond donors (Lipinski definition) is 1. The number of likely N-dealkylation sites (N-methyl/N-ethyl adjacent to an activating group) is 1. The Morgan fingerprint density at radius 2 is 1.65 bits per heavy atom. The molecule has 0 bridgehead atoms. The summed E-state index contributed by atoms with van der Waals surface area (Å²) in [4.78, 5) is 27.1. The van der Waals surface area contributed by atoms with Crippen molar-refractivity contribution in [3.8, 4) is 0 Å². The quantitative estimate of drug-likeness (QED) is 0.791. The van der Waals surface area contributed by atoms with Crippen LogP contribution >= 0.6 is 0 Å². The van der Waals surface area contributed by atoms with Crippen LogP contribution in [0, 0.1) is 6.92 Å². The van der Waals surface area contributed by atoms with Crippen LogP contribution in [0.3, 0.4) is 0 Å². The minimum Gasteiger partial charge on any atom is -0.357 e. The van der Waals surface area contributed by atoms with Crippen molar-refractivity contribution >= 4 is 11.8 Å². The summed E-state index contributed by atoms with van der Waals surface area (Å²) in [6.07, 6.45) is 1.70. The van der Waals surface area contributed by atoms with E-state index >= 15 is 0 Å². The summed E-state index contributed by atoms with van der Waals surface area (Å²) in [5.74, 6) is -0.122. The third-order valence-corrected chi connectivity index (χ3v) is 4.45. The van der Waals surface area contributed by atoms with Crippen molar-refractivity contribution in [3.63, 3.8) is 0 Å². The predicted molar refractivity (Wildman–Crippen MR) is 105 cm³/mol. The van der Waals surface area contributed by atoms with Crippen LogP contribution in [0.5, 0.6) is 0 Å². The zero-order valence-corrected chi connectivity index (χ0v) is 15.9. The van der Waals surface area contributed by atoms with Crippen molar-refractivity contribution < 1.29 is 9.59 Å². The van der Waals surface area contributed by atoms with Crippen molar-refractivity contribution in [2.45, 2.75) is 45.7 Å². The molecule has 1 N–H and O–H groups in total. The Labute approximate surface area is 156 Å². The Kier molecular flexibility index (Phi) is 7.39. The van der Waals surface area contributed by atoms with Crippen LogP contribution in [0.25, 0.3) is 0 Å². The first kappa shape index (κ1) is 19.7. The van der Waals surface area contributed by atoms with E-state index in [2.05, 4.69) is 5.32 Å². The lowest BCUT2D eigenvalue weighted by atomic mass is 10.0. The summed E-state index contributed by atoms with van der Waals surface area (Å²) in [6, 6.07) is 17.4. The monoisotopic (exact) mass is 352 g/mol. The van der Waals surface area contributed by atoms with Crippen molar-refractivity contribution in [1.29, 1.82) is 0 Å². The first-order valence-corrected chi connectivity index (χ1v) is 9.15. The fourth-order valence-electron chi connectivity index (χ4n) is 2.97. The summed E-state index contributed by atoms with van der Waals surface area (Å²) >= 11 is 0. The van der Waals surface area contributed by atoms with Gasteiger partial charge >= 0.3 is 0 Å². The third-order valence-electron chi connectivity index (χ3n) is 4.45. The molecule has 0 aliphatic heterocycles. The van der Waals surface area contributed by atoms with Gasteiger partial charge in [-0.2, -0.15) is 0 Å². The van der Waals surface area contributed by atoms with Gasteiger partial charge in [0.2, 0.25) is 11.8 Å². The Hall–Kier alpha value is -2.62. The smallest absolute Gasteiger partial charge is 0.242 e. The number of hydrogen-bond acceptors (Lipinski definition) is 2. The molecule has 0 aliphatic carbocycles. The lowest BCUT2D eigenvalue weighted by Gasteiger charge is -2.31. The van der Waals surface area contributed by atoms with Crippen LogP contribution in [0.15, 0.2) is 54.6 Å². The van der Waals surface area contributed by atoms with E-state index in [1.165, 1.54) is 5.56 Å². The van der Waals surface area contributed by atoms with Gasteiger partial charge in [-0.3, -0.25) is 9.59 Å². The Bertz CT molecular complexity index is 711. The predicted octanol–water partition coefficient (Wildman–Crippen LogP) is 3.48. The topological polar surface area (TPSA) is 49.4 Å². The maximum atomic E-state index is 12.8. The number of rotatable bonds is 8. The number of benzene rings is 2. The Morgan fingerprint density at radius 1 is 1.00 bits per heavy atom. The summed E-state index contributed by atoms with van der Waals surface area (Å²) in [7, 11) is 1.62. The highest BCUT2D eigenvalue weighted by atomic mass is 16.2. The molecule has 0 unspecified atom stereocenters. The average molecular weight is 352 g/mol. The highest BCUT2D eigenvalue weighted by Crippen LogP contribution is 2.16. The van der Waals surface area contributed by atoms with Gasteiger partial charge in [-0.1, -0.05) is 67.1 Å². The van der Waals surface area contributed by atoms with E-state index in [-0.39, 0.29) is 11.8 Å². The van der Waals surface area contributed by atoms with Gasteiger partial charge in [0.05, 0.1) is 0 Å². The SMILES string of the molecule is CCCC(=O)N(Cc1ccc(C)cc1)[C@@H](Cc1ccccc1)C(=O)NC. The second-order valence-electron chi connectivity index (χ2n) is 6.58. The highest BCUT2D eigenvalue weighted by molar-refractivity contribution is 5.87. The van der Waals surface area contributed by atoms with Crippen LogP contribution in [0.4, 0.5) is 0 Å². The van der Waals surface area contributed by atoms with Gasteiger partial charge in [0.15, 0.2) is 0 Å². The molecule has 2 aromatic rings. The molecule has 0 saturated carbocycles. The highest BCUT2D eigenvalue weighted by Gasteiger charge is 2.29. The third kappa shape index (κ3) is 5.45. The summed E-state index contributed by atoms with van der Waals surface area (Å²) < 4.78 is 0. The van der Waals surface area contributed by atoms with Gasteiger partial charge < -0.3 is 10.2 Å². The molecule has 2 amide bonds. The largest absolute Gasteiger partial charge is 0.357 e. The summed E-state index contributed by atoms with van der Waals surface area (Å²) in [5.41, 5.74) is 3.24. The van der Waals surface area contributed by atoms with Gasteiger partial charge in [0.1, 0.15) is 6.04 Å². The molecule has 1 atom stereocenters. The van der Waals surface area contributed by atoms with Gasteiger partial charge in [0.25, 0.3) is 0 Å². The molecular formula is C22H28N2O2. The molecule has 138 valence electrons. The first-order chi connectivity index (χ1) is 12.5. The van der Waals surface area contributed by atoms with E-state index < -0.39 is 6.04 Å². The molecule has 0 saturated heterocycles. The molecule has 2 rings (SSSR count). The maximum Gasteiger partial charge on any atom is 0.242 e. The van der Waals surface area contributed by atoms with Crippen LogP contribution in [-0.2, 0) is 22.6 Å². The van der Waals surface area contributed by atoms with Crippen LogP contribution < -0.4 is 5.32 Å². The molecule has 0 aliphatic rings. The van der Waals surface area contributed by atoms with Crippen LogP contribution in [-0.4, -0.2) is 29.8 Å². The number of carbonyl (C=O) groups is 2. The number of amides is 2.